The zero-order valence-corrected chi connectivity index (χ0v) is 20.9. The van der Waals surface area contributed by atoms with Crippen LogP contribution in [-0.4, -0.2) is 6.67 Å². The van der Waals surface area contributed by atoms with E-state index >= 15 is 0 Å². The lowest BCUT2D eigenvalue weighted by Gasteiger charge is -2.41. The fourth-order valence-corrected chi connectivity index (χ4v) is 7.75. The van der Waals surface area contributed by atoms with Gasteiger partial charge in [-0.25, -0.2) is 0 Å². The summed E-state index contributed by atoms with van der Waals surface area (Å²) in [5, 5.41) is 0. The Labute approximate surface area is 198 Å². The molecule has 3 fully saturated rings. The van der Waals surface area contributed by atoms with Gasteiger partial charge in [-0.2, -0.15) is 0 Å². The van der Waals surface area contributed by atoms with Crippen LogP contribution in [0.25, 0.3) is 0 Å². The van der Waals surface area contributed by atoms with Crippen molar-refractivity contribution in [1.29, 1.82) is 0 Å². The molecule has 0 bridgehead atoms. The van der Waals surface area contributed by atoms with E-state index in [2.05, 4.69) is 31.2 Å². The largest absolute Gasteiger partial charge is 0.251 e. The maximum absolute atomic E-state index is 12.3. The van der Waals surface area contributed by atoms with E-state index in [1.54, 1.807) is 18.4 Å². The van der Waals surface area contributed by atoms with Gasteiger partial charge in [0.1, 0.15) is 0 Å². The second-order valence-corrected chi connectivity index (χ2v) is 11.7. The van der Waals surface area contributed by atoms with Crippen molar-refractivity contribution in [3.05, 3.63) is 35.4 Å². The average molecular weight is 441 g/mol. The summed E-state index contributed by atoms with van der Waals surface area (Å²) in [6.07, 6.45) is 23.6. The molecule has 0 radical (unpaired) electrons. The number of benzene rings is 1. The lowest BCUT2D eigenvalue weighted by atomic mass is 9.64. The van der Waals surface area contributed by atoms with Crippen molar-refractivity contribution in [3.8, 4) is 0 Å². The Hall–Kier alpha value is -0.850. The van der Waals surface area contributed by atoms with Crippen molar-refractivity contribution in [2.75, 3.05) is 6.67 Å². The molecule has 0 saturated heterocycles. The lowest BCUT2D eigenvalue weighted by Crippen LogP contribution is -2.29. The van der Waals surface area contributed by atoms with Crippen LogP contribution in [0.15, 0.2) is 24.3 Å². The normalized spacial score (nSPS) is 33.8. The topological polar surface area (TPSA) is 0 Å². The lowest BCUT2D eigenvalue weighted by molar-refractivity contribution is 0.109. The third-order valence-corrected chi connectivity index (χ3v) is 9.81. The van der Waals surface area contributed by atoms with Gasteiger partial charge < -0.3 is 0 Å². The average Bonchev–Trinajstić information content (AvgIpc) is 2.86. The summed E-state index contributed by atoms with van der Waals surface area (Å²) in [6, 6.07) is 9.35. The van der Waals surface area contributed by atoms with Crippen molar-refractivity contribution in [3.63, 3.8) is 0 Å². The first-order chi connectivity index (χ1) is 15.8. The summed E-state index contributed by atoms with van der Waals surface area (Å²) >= 11 is 0. The summed E-state index contributed by atoms with van der Waals surface area (Å²) < 4.78 is 12.3. The molecule has 0 amide bonds. The molecule has 180 valence electrons. The predicted octanol–water partition coefficient (Wildman–Crippen LogP) is 9.67. The highest BCUT2D eigenvalue weighted by molar-refractivity contribution is 5.26. The monoisotopic (exact) mass is 440 g/mol. The summed E-state index contributed by atoms with van der Waals surface area (Å²) in [5.41, 5.74) is 2.94. The van der Waals surface area contributed by atoms with Crippen LogP contribution in [0.5, 0.6) is 0 Å². The van der Waals surface area contributed by atoms with Gasteiger partial charge in [-0.1, -0.05) is 56.9 Å². The van der Waals surface area contributed by atoms with Crippen molar-refractivity contribution >= 4 is 0 Å². The maximum atomic E-state index is 12.3. The van der Waals surface area contributed by atoms with Crippen LogP contribution >= 0.6 is 0 Å². The Morgan fingerprint density at radius 3 is 1.66 bits per heavy atom. The fourth-order valence-electron chi connectivity index (χ4n) is 7.75. The molecule has 3 aliphatic rings. The first-order valence-corrected chi connectivity index (χ1v) is 14.4. The molecule has 0 unspecified atom stereocenters. The third-order valence-electron chi connectivity index (χ3n) is 9.81. The Morgan fingerprint density at radius 1 is 0.656 bits per heavy atom. The molecule has 0 heterocycles. The van der Waals surface area contributed by atoms with Crippen LogP contribution in [0, 0.1) is 29.6 Å². The molecular weight excluding hydrogens is 391 g/mol. The van der Waals surface area contributed by atoms with Crippen LogP contribution in [0.4, 0.5) is 4.39 Å². The third kappa shape index (κ3) is 6.60. The van der Waals surface area contributed by atoms with E-state index in [9.17, 15) is 4.39 Å². The van der Waals surface area contributed by atoms with Gasteiger partial charge in [-0.05, 0) is 130 Å². The minimum atomic E-state index is -0.178. The molecule has 0 nitrogen and oxygen atoms in total. The molecule has 0 aromatic heterocycles. The molecule has 1 aromatic rings. The fraction of sp³-hybridized carbons (Fsp3) is 0.806. The van der Waals surface area contributed by atoms with Gasteiger partial charge in [0.25, 0.3) is 0 Å². The zero-order chi connectivity index (χ0) is 22.2. The first kappa shape index (κ1) is 24.3. The SMILES string of the molecule is CCC[C@H]1CC[C@H]([C@H]2CC[C@H]([C@H]3CC[C@H](c4ccc(CCCCF)cc4)CC3)CC2)CC1. The number of alkyl halides is 1. The number of rotatable bonds is 9. The Bertz CT molecular complexity index is 625. The molecule has 3 saturated carbocycles. The van der Waals surface area contributed by atoms with Crippen molar-refractivity contribution in [2.45, 2.75) is 122 Å². The molecule has 0 atom stereocenters. The van der Waals surface area contributed by atoms with Gasteiger partial charge in [0, 0.05) is 0 Å². The van der Waals surface area contributed by atoms with E-state index in [1.807, 2.05) is 0 Å². The molecule has 32 heavy (non-hydrogen) atoms. The predicted molar refractivity (Wildman–Crippen MR) is 136 cm³/mol. The van der Waals surface area contributed by atoms with E-state index in [0.29, 0.717) is 6.42 Å². The Balaban J connectivity index is 1.16. The van der Waals surface area contributed by atoms with Crippen molar-refractivity contribution in [2.24, 2.45) is 29.6 Å². The second-order valence-electron chi connectivity index (χ2n) is 11.7. The molecule has 0 spiro atoms. The summed E-state index contributed by atoms with van der Waals surface area (Å²) in [5.74, 6) is 6.00. The van der Waals surface area contributed by atoms with Gasteiger partial charge in [0.15, 0.2) is 0 Å². The highest BCUT2D eigenvalue weighted by Crippen LogP contribution is 2.47. The van der Waals surface area contributed by atoms with E-state index in [0.717, 1.165) is 48.3 Å². The number of hydrogen-bond acceptors (Lipinski definition) is 0. The maximum Gasteiger partial charge on any atom is 0.0894 e. The minimum Gasteiger partial charge on any atom is -0.251 e. The first-order valence-electron chi connectivity index (χ1n) is 14.4. The summed E-state index contributed by atoms with van der Waals surface area (Å²) in [6.45, 7) is 2.18. The van der Waals surface area contributed by atoms with Crippen LogP contribution in [0.3, 0.4) is 0 Å². The molecule has 4 rings (SSSR count). The standard InChI is InChI=1S/C31H49F/c1-2-5-24-7-11-26(12-8-24)28-15-19-30(20-16-28)31-21-17-29(18-22-31)27-13-9-25(10-14-27)6-3-4-23-32/h9-10,13-14,24,26,28-31H,2-8,11-12,15-23H2,1H3/t24-,26-,28-,29-,30-,31-. The van der Waals surface area contributed by atoms with Crippen molar-refractivity contribution < 1.29 is 4.39 Å². The minimum absolute atomic E-state index is 0.178. The highest BCUT2D eigenvalue weighted by atomic mass is 19.1. The van der Waals surface area contributed by atoms with E-state index in [1.165, 1.54) is 82.6 Å². The van der Waals surface area contributed by atoms with Crippen LogP contribution in [0.2, 0.25) is 0 Å². The van der Waals surface area contributed by atoms with Gasteiger partial charge >= 0.3 is 0 Å². The van der Waals surface area contributed by atoms with Crippen LogP contribution in [0.1, 0.15) is 127 Å². The highest BCUT2D eigenvalue weighted by Gasteiger charge is 2.34. The number of aryl methyl sites for hydroxylation is 1. The Morgan fingerprint density at radius 2 is 1.16 bits per heavy atom. The molecule has 1 aromatic carbocycles. The quantitative estimate of drug-likeness (QED) is 0.335. The van der Waals surface area contributed by atoms with Gasteiger partial charge in [0.2, 0.25) is 0 Å². The molecule has 1 heteroatoms. The van der Waals surface area contributed by atoms with E-state index in [-0.39, 0.29) is 6.67 Å². The summed E-state index contributed by atoms with van der Waals surface area (Å²) in [4.78, 5) is 0. The van der Waals surface area contributed by atoms with Crippen LogP contribution in [-0.2, 0) is 6.42 Å². The number of halogens is 1. The Kier molecular flexibility index (Phi) is 9.54. The number of hydrogen-bond donors (Lipinski definition) is 0. The van der Waals surface area contributed by atoms with Crippen molar-refractivity contribution in [1.82, 2.24) is 0 Å². The molecule has 0 N–H and O–H groups in total. The van der Waals surface area contributed by atoms with Gasteiger partial charge in [0.05, 0.1) is 6.67 Å². The second kappa shape index (κ2) is 12.6. The molecule has 0 aliphatic heterocycles. The van der Waals surface area contributed by atoms with E-state index in [4.69, 9.17) is 0 Å². The van der Waals surface area contributed by atoms with E-state index < -0.39 is 0 Å². The number of unbranched alkanes of at least 4 members (excludes halogenated alkanes) is 1. The summed E-state index contributed by atoms with van der Waals surface area (Å²) in [7, 11) is 0. The van der Waals surface area contributed by atoms with Gasteiger partial charge in [-0.3, -0.25) is 4.39 Å². The zero-order valence-electron chi connectivity index (χ0n) is 20.9. The molecule has 3 aliphatic carbocycles. The smallest absolute Gasteiger partial charge is 0.0894 e. The molecular formula is C31H49F. The van der Waals surface area contributed by atoms with Crippen LogP contribution < -0.4 is 0 Å². The van der Waals surface area contributed by atoms with Gasteiger partial charge in [-0.15, -0.1) is 0 Å².